The Balaban J connectivity index is 1.33. The van der Waals surface area contributed by atoms with Crippen molar-refractivity contribution >= 4 is 34.7 Å². The molecule has 2 heterocycles. The predicted octanol–water partition coefficient (Wildman–Crippen LogP) is 5.33. The zero-order valence-corrected chi connectivity index (χ0v) is 19.1. The SMILES string of the molecule is Cc1ccc(NC(=O)Cc2nc(CSc3nnc(C)n3C3CCCCC3)cs2)cc1. The number of hydrogen-bond acceptors (Lipinski definition) is 6. The van der Waals surface area contributed by atoms with Crippen molar-refractivity contribution in [3.05, 3.63) is 51.7 Å². The minimum absolute atomic E-state index is 0.0416. The number of rotatable bonds is 7. The summed E-state index contributed by atoms with van der Waals surface area (Å²) in [7, 11) is 0. The predicted molar refractivity (Wildman–Crippen MR) is 122 cm³/mol. The molecule has 30 heavy (non-hydrogen) atoms. The molecule has 0 atom stereocenters. The average Bonchev–Trinajstić information content (AvgIpc) is 3.34. The molecule has 0 spiro atoms. The third kappa shape index (κ3) is 5.29. The molecule has 0 radical (unpaired) electrons. The molecule has 6 nitrogen and oxygen atoms in total. The Labute approximate surface area is 185 Å². The van der Waals surface area contributed by atoms with E-state index in [2.05, 4.69) is 25.1 Å². The summed E-state index contributed by atoms with van der Waals surface area (Å²) < 4.78 is 2.31. The number of aromatic nitrogens is 4. The van der Waals surface area contributed by atoms with Crippen LogP contribution in [0.25, 0.3) is 0 Å². The molecule has 1 aromatic carbocycles. The van der Waals surface area contributed by atoms with Crippen molar-refractivity contribution in [2.75, 3.05) is 5.32 Å². The zero-order valence-electron chi connectivity index (χ0n) is 17.4. The molecule has 1 aliphatic carbocycles. The highest BCUT2D eigenvalue weighted by Gasteiger charge is 2.21. The van der Waals surface area contributed by atoms with Crippen LogP contribution in [0.2, 0.25) is 0 Å². The Kier molecular flexibility index (Phi) is 6.84. The van der Waals surface area contributed by atoms with Gasteiger partial charge in [0.2, 0.25) is 5.91 Å². The van der Waals surface area contributed by atoms with E-state index in [4.69, 9.17) is 0 Å². The summed E-state index contributed by atoms with van der Waals surface area (Å²) in [6.45, 7) is 4.07. The minimum atomic E-state index is -0.0416. The first kappa shape index (κ1) is 21.1. The second kappa shape index (κ2) is 9.75. The van der Waals surface area contributed by atoms with Gasteiger partial charge in [-0.05, 0) is 38.8 Å². The van der Waals surface area contributed by atoms with E-state index in [1.807, 2.05) is 43.5 Å². The van der Waals surface area contributed by atoms with Gasteiger partial charge in [0, 0.05) is 22.9 Å². The highest BCUT2D eigenvalue weighted by atomic mass is 32.2. The van der Waals surface area contributed by atoms with Gasteiger partial charge in [-0.2, -0.15) is 0 Å². The van der Waals surface area contributed by atoms with Crippen molar-refractivity contribution in [1.29, 1.82) is 0 Å². The first-order valence-corrected chi connectivity index (χ1v) is 12.3. The topological polar surface area (TPSA) is 72.7 Å². The quantitative estimate of drug-likeness (QED) is 0.502. The molecule has 1 saturated carbocycles. The van der Waals surface area contributed by atoms with Gasteiger partial charge in [-0.15, -0.1) is 21.5 Å². The van der Waals surface area contributed by atoms with E-state index >= 15 is 0 Å². The molecular weight excluding hydrogens is 414 g/mol. The molecule has 1 fully saturated rings. The fraction of sp³-hybridized carbons (Fsp3) is 0.455. The lowest BCUT2D eigenvalue weighted by Gasteiger charge is -2.24. The number of nitrogens with one attached hydrogen (secondary N) is 1. The first-order valence-electron chi connectivity index (χ1n) is 10.4. The lowest BCUT2D eigenvalue weighted by molar-refractivity contribution is -0.115. The van der Waals surface area contributed by atoms with Crippen LogP contribution in [0.1, 0.15) is 60.2 Å². The fourth-order valence-electron chi connectivity index (χ4n) is 3.82. The number of nitrogens with zero attached hydrogens (tertiary/aromatic N) is 4. The number of aryl methyl sites for hydroxylation is 2. The van der Waals surface area contributed by atoms with Gasteiger partial charge in [0.05, 0.1) is 12.1 Å². The molecule has 4 rings (SSSR count). The molecule has 1 amide bonds. The number of thiazole rings is 1. The van der Waals surface area contributed by atoms with Crippen LogP contribution in [-0.2, 0) is 17.0 Å². The zero-order chi connectivity index (χ0) is 20.9. The highest BCUT2D eigenvalue weighted by molar-refractivity contribution is 7.98. The standard InChI is InChI=1S/C22H27N5OS2/c1-15-8-10-17(11-9-15)23-20(28)12-21-24-18(13-29-21)14-30-22-26-25-16(2)27(22)19-6-4-3-5-7-19/h8-11,13,19H,3-7,12,14H2,1-2H3,(H,23,28). The van der Waals surface area contributed by atoms with Crippen molar-refractivity contribution in [1.82, 2.24) is 19.7 Å². The van der Waals surface area contributed by atoms with Crippen LogP contribution < -0.4 is 5.32 Å². The molecule has 3 aromatic rings. The van der Waals surface area contributed by atoms with E-state index < -0.39 is 0 Å². The third-order valence-electron chi connectivity index (χ3n) is 5.37. The monoisotopic (exact) mass is 441 g/mol. The molecule has 0 bridgehead atoms. The van der Waals surface area contributed by atoms with E-state index in [1.165, 1.54) is 49.0 Å². The highest BCUT2D eigenvalue weighted by Crippen LogP contribution is 2.33. The molecule has 0 unspecified atom stereocenters. The van der Waals surface area contributed by atoms with Gasteiger partial charge in [0.1, 0.15) is 10.8 Å². The molecule has 8 heteroatoms. The van der Waals surface area contributed by atoms with E-state index in [1.54, 1.807) is 11.8 Å². The first-order chi connectivity index (χ1) is 14.6. The third-order valence-corrected chi connectivity index (χ3v) is 7.24. The number of hydrogen-bond donors (Lipinski definition) is 1. The van der Waals surface area contributed by atoms with Crippen molar-refractivity contribution in [3.63, 3.8) is 0 Å². The van der Waals surface area contributed by atoms with Crippen LogP contribution in [0.15, 0.2) is 34.8 Å². The summed E-state index contributed by atoms with van der Waals surface area (Å²) in [4.78, 5) is 17.0. The van der Waals surface area contributed by atoms with Gasteiger partial charge in [0.25, 0.3) is 0 Å². The van der Waals surface area contributed by atoms with Gasteiger partial charge in [0.15, 0.2) is 5.16 Å². The Morgan fingerprint density at radius 2 is 1.93 bits per heavy atom. The number of carbonyl (C=O) groups excluding carboxylic acids is 1. The van der Waals surface area contributed by atoms with Crippen LogP contribution in [0.5, 0.6) is 0 Å². The van der Waals surface area contributed by atoms with Crippen LogP contribution in [0.4, 0.5) is 5.69 Å². The number of benzene rings is 1. The van der Waals surface area contributed by atoms with Crippen LogP contribution >= 0.6 is 23.1 Å². The molecule has 2 aromatic heterocycles. The van der Waals surface area contributed by atoms with Gasteiger partial charge < -0.3 is 9.88 Å². The molecular formula is C22H27N5OS2. The van der Waals surface area contributed by atoms with Crippen molar-refractivity contribution in [2.24, 2.45) is 0 Å². The summed E-state index contributed by atoms with van der Waals surface area (Å²) in [5.74, 6) is 1.69. The normalized spacial score (nSPS) is 14.7. The Morgan fingerprint density at radius 3 is 2.70 bits per heavy atom. The van der Waals surface area contributed by atoms with E-state index in [0.717, 1.165) is 33.1 Å². The minimum Gasteiger partial charge on any atom is -0.326 e. The van der Waals surface area contributed by atoms with Crippen LogP contribution in [-0.4, -0.2) is 25.7 Å². The van der Waals surface area contributed by atoms with Crippen LogP contribution in [0, 0.1) is 13.8 Å². The fourth-order valence-corrected chi connectivity index (χ4v) is 5.66. The Morgan fingerprint density at radius 1 is 1.17 bits per heavy atom. The Hall–Kier alpha value is -2.19. The lowest BCUT2D eigenvalue weighted by atomic mass is 9.95. The van der Waals surface area contributed by atoms with E-state index in [0.29, 0.717) is 12.5 Å². The molecule has 158 valence electrons. The average molecular weight is 442 g/mol. The number of carbonyl (C=O) groups is 1. The van der Waals surface area contributed by atoms with E-state index in [-0.39, 0.29) is 5.91 Å². The van der Waals surface area contributed by atoms with Crippen molar-refractivity contribution < 1.29 is 4.79 Å². The maximum absolute atomic E-state index is 12.3. The summed E-state index contributed by atoms with van der Waals surface area (Å²) in [6.07, 6.45) is 6.62. The summed E-state index contributed by atoms with van der Waals surface area (Å²) in [5, 5.41) is 15.5. The van der Waals surface area contributed by atoms with Gasteiger partial charge in [-0.25, -0.2) is 4.98 Å². The van der Waals surface area contributed by atoms with E-state index in [9.17, 15) is 4.79 Å². The summed E-state index contributed by atoms with van der Waals surface area (Å²) in [6, 6.07) is 8.33. The van der Waals surface area contributed by atoms with Crippen LogP contribution in [0.3, 0.4) is 0 Å². The second-order valence-electron chi connectivity index (χ2n) is 7.80. The largest absolute Gasteiger partial charge is 0.326 e. The summed E-state index contributed by atoms with van der Waals surface area (Å²) >= 11 is 3.22. The van der Waals surface area contributed by atoms with Gasteiger partial charge in [-0.1, -0.05) is 48.7 Å². The molecule has 0 aliphatic heterocycles. The molecule has 1 aliphatic rings. The van der Waals surface area contributed by atoms with Crippen molar-refractivity contribution in [2.45, 2.75) is 69.3 Å². The summed E-state index contributed by atoms with van der Waals surface area (Å²) in [5.41, 5.74) is 2.97. The number of amides is 1. The van der Waals surface area contributed by atoms with Gasteiger partial charge >= 0.3 is 0 Å². The lowest BCUT2D eigenvalue weighted by Crippen LogP contribution is -2.15. The molecule has 0 saturated heterocycles. The maximum atomic E-state index is 12.3. The number of thioether (sulfide) groups is 1. The second-order valence-corrected chi connectivity index (χ2v) is 9.69. The molecule has 1 N–H and O–H groups in total. The Bertz CT molecular complexity index is 989. The smallest absolute Gasteiger partial charge is 0.231 e. The number of anilines is 1. The van der Waals surface area contributed by atoms with Gasteiger partial charge in [-0.3, -0.25) is 4.79 Å². The maximum Gasteiger partial charge on any atom is 0.231 e. The van der Waals surface area contributed by atoms with Crippen molar-refractivity contribution in [3.8, 4) is 0 Å².